The van der Waals surface area contributed by atoms with Crippen molar-refractivity contribution in [2.75, 3.05) is 19.6 Å². The second-order valence-electron chi connectivity index (χ2n) is 4.86. The minimum Gasteiger partial charge on any atom is -0.348 e. The summed E-state index contributed by atoms with van der Waals surface area (Å²) in [7, 11) is 0. The first-order valence-electron chi connectivity index (χ1n) is 5.99. The van der Waals surface area contributed by atoms with Crippen LogP contribution >= 0.6 is 27.3 Å². The van der Waals surface area contributed by atoms with Gasteiger partial charge in [-0.1, -0.05) is 0 Å². The monoisotopic (exact) mass is 314 g/mol. The molecule has 2 bridgehead atoms. The Morgan fingerprint density at radius 2 is 2.24 bits per heavy atom. The Labute approximate surface area is 113 Å². The van der Waals surface area contributed by atoms with Crippen LogP contribution < -0.4 is 5.32 Å². The molecule has 3 saturated heterocycles. The van der Waals surface area contributed by atoms with Gasteiger partial charge in [0.15, 0.2) is 0 Å². The van der Waals surface area contributed by atoms with Crippen molar-refractivity contribution in [3.05, 3.63) is 20.8 Å². The van der Waals surface area contributed by atoms with Gasteiger partial charge in [0.05, 0.1) is 9.35 Å². The zero-order valence-electron chi connectivity index (χ0n) is 9.49. The van der Waals surface area contributed by atoms with Crippen molar-refractivity contribution < 1.29 is 4.79 Å². The van der Waals surface area contributed by atoms with Crippen LogP contribution in [0.2, 0.25) is 0 Å². The standard InChI is InChI=1S/C12H15BrN2OS/c13-11-5-9(7-17-11)12(16)14-10-6-15-3-1-8(10)2-4-15/h5,7-8,10H,1-4,6H2,(H,14,16)/t10-/m0/s1. The van der Waals surface area contributed by atoms with E-state index in [0.29, 0.717) is 12.0 Å². The van der Waals surface area contributed by atoms with E-state index in [2.05, 4.69) is 26.1 Å². The van der Waals surface area contributed by atoms with Gasteiger partial charge in [-0.25, -0.2) is 0 Å². The Balaban J connectivity index is 1.65. The van der Waals surface area contributed by atoms with Crippen molar-refractivity contribution in [1.29, 1.82) is 0 Å². The molecule has 0 unspecified atom stereocenters. The van der Waals surface area contributed by atoms with Crippen LogP contribution in [0, 0.1) is 5.92 Å². The third kappa shape index (κ3) is 2.41. The molecule has 0 spiro atoms. The highest BCUT2D eigenvalue weighted by molar-refractivity contribution is 9.11. The predicted octanol–water partition coefficient (Wildman–Crippen LogP) is 2.33. The average Bonchev–Trinajstić information content (AvgIpc) is 2.77. The Hall–Kier alpha value is -0.390. The van der Waals surface area contributed by atoms with E-state index in [9.17, 15) is 4.79 Å². The molecule has 3 aliphatic rings. The highest BCUT2D eigenvalue weighted by atomic mass is 79.9. The fraction of sp³-hybridized carbons (Fsp3) is 0.583. The Bertz CT molecular complexity index is 426. The number of nitrogens with zero attached hydrogens (tertiary/aromatic N) is 1. The van der Waals surface area contributed by atoms with Gasteiger partial charge in [0, 0.05) is 18.0 Å². The summed E-state index contributed by atoms with van der Waals surface area (Å²) in [6.07, 6.45) is 2.47. The lowest BCUT2D eigenvalue weighted by atomic mass is 9.84. The van der Waals surface area contributed by atoms with Crippen molar-refractivity contribution in [2.24, 2.45) is 5.92 Å². The Morgan fingerprint density at radius 1 is 1.47 bits per heavy atom. The Kier molecular flexibility index (Phi) is 3.23. The predicted molar refractivity (Wildman–Crippen MR) is 72.4 cm³/mol. The van der Waals surface area contributed by atoms with E-state index in [1.165, 1.54) is 25.9 Å². The minimum atomic E-state index is 0.0747. The molecule has 17 heavy (non-hydrogen) atoms. The molecular weight excluding hydrogens is 300 g/mol. The summed E-state index contributed by atoms with van der Waals surface area (Å²) in [5.41, 5.74) is 0.776. The molecule has 0 aliphatic carbocycles. The van der Waals surface area contributed by atoms with Gasteiger partial charge < -0.3 is 10.2 Å². The lowest BCUT2D eigenvalue weighted by Crippen LogP contribution is -2.57. The van der Waals surface area contributed by atoms with Gasteiger partial charge in [0.2, 0.25) is 0 Å². The highest BCUT2D eigenvalue weighted by Gasteiger charge is 2.34. The van der Waals surface area contributed by atoms with Gasteiger partial charge >= 0.3 is 0 Å². The van der Waals surface area contributed by atoms with Gasteiger partial charge in [-0.2, -0.15) is 0 Å². The third-order valence-electron chi connectivity index (χ3n) is 3.80. The normalized spacial score (nSPS) is 31.5. The first kappa shape index (κ1) is 11.7. The van der Waals surface area contributed by atoms with E-state index in [4.69, 9.17) is 0 Å². The van der Waals surface area contributed by atoms with E-state index >= 15 is 0 Å². The van der Waals surface area contributed by atoms with E-state index in [-0.39, 0.29) is 5.91 Å². The van der Waals surface area contributed by atoms with E-state index in [1.807, 2.05) is 11.4 Å². The molecule has 3 nitrogen and oxygen atoms in total. The average molecular weight is 315 g/mol. The summed E-state index contributed by atoms with van der Waals surface area (Å²) in [6.45, 7) is 3.45. The number of carbonyl (C=O) groups excluding carboxylic acids is 1. The topological polar surface area (TPSA) is 32.3 Å². The van der Waals surface area contributed by atoms with Crippen LogP contribution in [0.5, 0.6) is 0 Å². The molecule has 0 radical (unpaired) electrons. The lowest BCUT2D eigenvalue weighted by molar-refractivity contribution is 0.0620. The number of hydrogen-bond donors (Lipinski definition) is 1. The molecule has 1 aromatic rings. The van der Waals surface area contributed by atoms with Crippen LogP contribution in [-0.2, 0) is 0 Å². The summed E-state index contributed by atoms with van der Waals surface area (Å²) >= 11 is 4.94. The minimum absolute atomic E-state index is 0.0747. The zero-order chi connectivity index (χ0) is 11.8. The largest absolute Gasteiger partial charge is 0.348 e. The maximum atomic E-state index is 12.1. The quantitative estimate of drug-likeness (QED) is 0.908. The molecule has 0 saturated carbocycles. The van der Waals surface area contributed by atoms with Crippen molar-refractivity contribution in [1.82, 2.24) is 10.2 Å². The van der Waals surface area contributed by atoms with Crippen LogP contribution in [0.4, 0.5) is 0 Å². The maximum Gasteiger partial charge on any atom is 0.252 e. The summed E-state index contributed by atoms with van der Waals surface area (Å²) in [5.74, 6) is 0.761. The van der Waals surface area contributed by atoms with Crippen LogP contribution in [0.25, 0.3) is 0 Å². The number of fused-ring (bicyclic) bond motifs is 3. The molecule has 1 N–H and O–H groups in total. The van der Waals surface area contributed by atoms with Crippen molar-refractivity contribution in [3.63, 3.8) is 0 Å². The van der Waals surface area contributed by atoms with Crippen LogP contribution in [0.3, 0.4) is 0 Å². The molecule has 5 heteroatoms. The second-order valence-corrected chi connectivity index (χ2v) is 7.15. The van der Waals surface area contributed by atoms with Gasteiger partial charge in [-0.15, -0.1) is 11.3 Å². The fourth-order valence-electron chi connectivity index (χ4n) is 2.81. The molecule has 1 amide bonds. The first-order valence-corrected chi connectivity index (χ1v) is 7.67. The maximum absolute atomic E-state index is 12.1. The SMILES string of the molecule is O=C(N[C@H]1CN2CCC1CC2)c1csc(Br)c1. The van der Waals surface area contributed by atoms with E-state index < -0.39 is 0 Å². The number of piperidine rings is 3. The van der Waals surface area contributed by atoms with E-state index in [0.717, 1.165) is 15.9 Å². The van der Waals surface area contributed by atoms with Crippen LogP contribution in [0.15, 0.2) is 15.2 Å². The number of amides is 1. The van der Waals surface area contributed by atoms with Gasteiger partial charge in [-0.05, 0) is 53.8 Å². The molecule has 1 atom stereocenters. The van der Waals surface area contributed by atoms with Crippen LogP contribution in [-0.4, -0.2) is 36.5 Å². The number of nitrogens with one attached hydrogen (secondary N) is 1. The summed E-state index contributed by atoms with van der Waals surface area (Å²) in [5, 5.41) is 5.09. The summed E-state index contributed by atoms with van der Waals surface area (Å²) in [6, 6.07) is 2.24. The van der Waals surface area contributed by atoms with Crippen molar-refractivity contribution >= 4 is 33.2 Å². The first-order chi connectivity index (χ1) is 8.22. The molecule has 3 fully saturated rings. The molecule has 4 rings (SSSR count). The van der Waals surface area contributed by atoms with Crippen LogP contribution in [0.1, 0.15) is 23.2 Å². The Morgan fingerprint density at radius 3 is 2.76 bits per heavy atom. The van der Waals surface area contributed by atoms with Gasteiger partial charge in [0.1, 0.15) is 0 Å². The summed E-state index contributed by atoms with van der Waals surface area (Å²) in [4.78, 5) is 14.5. The number of halogens is 1. The lowest BCUT2D eigenvalue weighted by Gasteiger charge is -2.44. The van der Waals surface area contributed by atoms with Crippen molar-refractivity contribution in [3.8, 4) is 0 Å². The molecule has 1 aromatic heterocycles. The smallest absolute Gasteiger partial charge is 0.252 e. The molecular formula is C12H15BrN2OS. The number of carbonyl (C=O) groups is 1. The number of thiophene rings is 1. The molecule has 0 aromatic carbocycles. The van der Waals surface area contributed by atoms with Crippen molar-refractivity contribution in [2.45, 2.75) is 18.9 Å². The molecule has 4 heterocycles. The summed E-state index contributed by atoms with van der Waals surface area (Å²) < 4.78 is 1.01. The van der Waals surface area contributed by atoms with Gasteiger partial charge in [0.25, 0.3) is 5.91 Å². The number of hydrogen-bond acceptors (Lipinski definition) is 3. The van der Waals surface area contributed by atoms with E-state index in [1.54, 1.807) is 11.3 Å². The number of rotatable bonds is 2. The second kappa shape index (κ2) is 4.71. The third-order valence-corrected chi connectivity index (χ3v) is 5.31. The fourth-order valence-corrected chi connectivity index (χ4v) is 3.95. The molecule has 92 valence electrons. The van der Waals surface area contributed by atoms with Gasteiger partial charge in [-0.3, -0.25) is 4.79 Å². The molecule has 3 aliphatic heterocycles. The highest BCUT2D eigenvalue weighted by Crippen LogP contribution is 2.28. The zero-order valence-corrected chi connectivity index (χ0v) is 11.9.